The molecule has 0 amide bonds. The Morgan fingerprint density at radius 3 is 2.87 bits per heavy atom. The van der Waals surface area contributed by atoms with Gasteiger partial charge in [0.1, 0.15) is 17.0 Å². The summed E-state index contributed by atoms with van der Waals surface area (Å²) in [5, 5.41) is 5.48. The topological polar surface area (TPSA) is 38.2 Å². The van der Waals surface area contributed by atoms with E-state index in [4.69, 9.17) is 4.74 Å². The molecule has 2 aliphatic heterocycles. The molecule has 0 unspecified atom stereocenters. The van der Waals surface area contributed by atoms with Crippen LogP contribution in [0.15, 0.2) is 29.2 Å². The van der Waals surface area contributed by atoms with E-state index < -0.39 is 0 Å². The Bertz CT molecular complexity index is 848. The van der Waals surface area contributed by atoms with Gasteiger partial charge >= 0.3 is 0 Å². The zero-order valence-corrected chi connectivity index (χ0v) is 14.3. The second-order valence-corrected chi connectivity index (χ2v) is 8.07. The minimum absolute atomic E-state index is 0.0646. The van der Waals surface area contributed by atoms with E-state index in [1.807, 2.05) is 11.3 Å². The van der Waals surface area contributed by atoms with Crippen molar-refractivity contribution in [2.45, 2.75) is 24.9 Å². The van der Waals surface area contributed by atoms with E-state index in [-0.39, 0.29) is 5.60 Å². The van der Waals surface area contributed by atoms with Crippen LogP contribution in [0.2, 0.25) is 0 Å². The first-order valence-electron chi connectivity index (χ1n) is 8.00. The molecule has 1 saturated heterocycles. The van der Waals surface area contributed by atoms with Crippen LogP contribution in [-0.4, -0.2) is 29.7 Å². The van der Waals surface area contributed by atoms with Crippen molar-refractivity contribution in [2.24, 2.45) is 0 Å². The molecule has 6 heteroatoms. The van der Waals surface area contributed by atoms with Crippen molar-refractivity contribution in [3.8, 4) is 0 Å². The summed E-state index contributed by atoms with van der Waals surface area (Å²) in [6.45, 7) is 2.82. The van der Waals surface area contributed by atoms with Crippen molar-refractivity contribution in [3.63, 3.8) is 0 Å². The van der Waals surface area contributed by atoms with Crippen molar-refractivity contribution >= 4 is 38.7 Å². The van der Waals surface area contributed by atoms with Gasteiger partial charge in [-0.1, -0.05) is 0 Å². The molecule has 118 valence electrons. The Morgan fingerprint density at radius 1 is 1.09 bits per heavy atom. The van der Waals surface area contributed by atoms with E-state index in [2.05, 4.69) is 37.8 Å². The maximum atomic E-state index is 6.30. The predicted octanol–water partition coefficient (Wildman–Crippen LogP) is 3.82. The highest BCUT2D eigenvalue weighted by Crippen LogP contribution is 2.44. The molecule has 1 fully saturated rings. The largest absolute Gasteiger partial charge is 0.370 e. The van der Waals surface area contributed by atoms with Gasteiger partial charge < -0.3 is 9.64 Å². The van der Waals surface area contributed by atoms with Gasteiger partial charge in [0.2, 0.25) is 0 Å². The third-order valence-electron chi connectivity index (χ3n) is 5.06. The molecule has 0 aromatic carbocycles. The number of anilines is 1. The Kier molecular flexibility index (Phi) is 3.18. The van der Waals surface area contributed by atoms with Crippen LogP contribution < -0.4 is 4.90 Å². The quantitative estimate of drug-likeness (QED) is 0.673. The van der Waals surface area contributed by atoms with Crippen LogP contribution in [0.4, 0.5) is 5.82 Å². The molecule has 0 atom stereocenters. The Balaban J connectivity index is 1.45. The molecular formula is C17H17N3OS2. The summed E-state index contributed by atoms with van der Waals surface area (Å²) in [5.74, 6) is 1.08. The molecule has 2 aliphatic rings. The summed E-state index contributed by atoms with van der Waals surface area (Å²) in [4.78, 5) is 13.9. The lowest BCUT2D eigenvalue weighted by molar-refractivity contribution is -0.0757. The molecular weight excluding hydrogens is 326 g/mol. The van der Waals surface area contributed by atoms with E-state index >= 15 is 0 Å². The number of hydrogen-bond acceptors (Lipinski definition) is 6. The highest BCUT2D eigenvalue weighted by atomic mass is 32.1. The fourth-order valence-corrected chi connectivity index (χ4v) is 5.56. The van der Waals surface area contributed by atoms with Crippen molar-refractivity contribution < 1.29 is 4.74 Å². The molecule has 23 heavy (non-hydrogen) atoms. The van der Waals surface area contributed by atoms with Crippen LogP contribution in [0.3, 0.4) is 0 Å². The summed E-state index contributed by atoms with van der Waals surface area (Å²) >= 11 is 3.56. The third kappa shape index (κ3) is 2.12. The molecule has 0 bridgehead atoms. The average Bonchev–Trinajstić information content (AvgIpc) is 3.25. The van der Waals surface area contributed by atoms with Gasteiger partial charge in [-0.05, 0) is 41.3 Å². The Hall–Kier alpha value is -1.50. The maximum absolute atomic E-state index is 6.30. The van der Waals surface area contributed by atoms with Crippen LogP contribution in [0.25, 0.3) is 10.2 Å². The van der Waals surface area contributed by atoms with E-state index in [0.717, 1.165) is 49.6 Å². The van der Waals surface area contributed by atoms with E-state index in [1.165, 1.54) is 15.8 Å². The van der Waals surface area contributed by atoms with E-state index in [1.54, 1.807) is 17.7 Å². The lowest BCUT2D eigenvalue weighted by Gasteiger charge is -2.44. The van der Waals surface area contributed by atoms with Gasteiger partial charge in [0, 0.05) is 24.4 Å². The molecule has 0 saturated carbocycles. The number of piperidine rings is 1. The highest BCUT2D eigenvalue weighted by molar-refractivity contribution is 7.16. The average molecular weight is 343 g/mol. The van der Waals surface area contributed by atoms with Gasteiger partial charge in [0.05, 0.1) is 17.6 Å². The zero-order chi connectivity index (χ0) is 15.3. The summed E-state index contributed by atoms with van der Waals surface area (Å²) in [6, 6.07) is 4.41. The van der Waals surface area contributed by atoms with Crippen molar-refractivity contribution in [1.82, 2.24) is 9.97 Å². The molecule has 0 radical (unpaired) electrons. The molecule has 0 N–H and O–H groups in total. The summed E-state index contributed by atoms with van der Waals surface area (Å²) < 4.78 is 6.30. The SMILES string of the molecule is c1nc(N2CCC3(CC2)OCCc2sccc23)c2ccsc2n1. The number of thiophene rings is 2. The lowest BCUT2D eigenvalue weighted by Crippen LogP contribution is -2.46. The van der Waals surface area contributed by atoms with Crippen LogP contribution in [0.5, 0.6) is 0 Å². The summed E-state index contributed by atoms with van der Waals surface area (Å²) in [7, 11) is 0. The fourth-order valence-electron chi connectivity index (χ4n) is 3.88. The van der Waals surface area contributed by atoms with Crippen LogP contribution in [0, 0.1) is 0 Å². The first-order valence-corrected chi connectivity index (χ1v) is 9.76. The highest BCUT2D eigenvalue weighted by Gasteiger charge is 2.41. The molecule has 5 rings (SSSR count). The number of ether oxygens (including phenoxy) is 1. The summed E-state index contributed by atoms with van der Waals surface area (Å²) in [5.41, 5.74) is 1.38. The normalized spacial score (nSPS) is 20.1. The number of hydrogen-bond donors (Lipinski definition) is 0. The van der Waals surface area contributed by atoms with Crippen molar-refractivity contribution in [3.05, 3.63) is 39.7 Å². The predicted molar refractivity (Wildman–Crippen MR) is 94.5 cm³/mol. The number of aromatic nitrogens is 2. The molecule has 1 spiro atoms. The number of fused-ring (bicyclic) bond motifs is 3. The Labute approximate surface area is 142 Å². The molecule has 0 aliphatic carbocycles. The standard InChI is InChI=1S/C17H17N3OS2/c1-8-21-17(13-3-10-22-14(1)13)4-6-20(7-5-17)15-12-2-9-23-16(12)19-11-18-15/h2-3,9-11H,1,4-8H2. The van der Waals surface area contributed by atoms with Crippen molar-refractivity contribution in [1.29, 1.82) is 0 Å². The number of rotatable bonds is 1. The van der Waals surface area contributed by atoms with Crippen LogP contribution in [0.1, 0.15) is 23.3 Å². The smallest absolute Gasteiger partial charge is 0.140 e. The minimum atomic E-state index is -0.0646. The van der Waals surface area contributed by atoms with Crippen LogP contribution >= 0.6 is 22.7 Å². The van der Waals surface area contributed by atoms with Gasteiger partial charge in [0.15, 0.2) is 0 Å². The first kappa shape index (κ1) is 13.9. The zero-order valence-electron chi connectivity index (χ0n) is 12.7. The fraction of sp³-hybridized carbons (Fsp3) is 0.412. The van der Waals surface area contributed by atoms with Gasteiger partial charge in [-0.25, -0.2) is 9.97 Å². The Morgan fingerprint density at radius 2 is 1.96 bits per heavy atom. The molecule has 5 heterocycles. The molecule has 3 aromatic rings. The van der Waals surface area contributed by atoms with Gasteiger partial charge in [-0.3, -0.25) is 0 Å². The second kappa shape index (κ2) is 5.26. The van der Waals surface area contributed by atoms with Crippen LogP contribution in [-0.2, 0) is 16.8 Å². The second-order valence-electron chi connectivity index (χ2n) is 6.17. The number of nitrogens with zero attached hydrogens (tertiary/aromatic N) is 3. The summed E-state index contributed by atoms with van der Waals surface area (Å²) in [6.07, 6.45) is 4.82. The minimum Gasteiger partial charge on any atom is -0.370 e. The van der Waals surface area contributed by atoms with Gasteiger partial charge in [-0.15, -0.1) is 22.7 Å². The lowest BCUT2D eigenvalue weighted by atomic mass is 9.82. The van der Waals surface area contributed by atoms with E-state index in [9.17, 15) is 0 Å². The van der Waals surface area contributed by atoms with E-state index in [0.29, 0.717) is 0 Å². The van der Waals surface area contributed by atoms with Gasteiger partial charge in [-0.2, -0.15) is 0 Å². The monoisotopic (exact) mass is 343 g/mol. The maximum Gasteiger partial charge on any atom is 0.140 e. The molecule has 4 nitrogen and oxygen atoms in total. The third-order valence-corrected chi connectivity index (χ3v) is 6.86. The van der Waals surface area contributed by atoms with Crippen molar-refractivity contribution in [2.75, 3.05) is 24.6 Å². The molecule has 3 aromatic heterocycles. The first-order chi connectivity index (χ1) is 11.4. The van der Waals surface area contributed by atoms with Gasteiger partial charge in [0.25, 0.3) is 0 Å².